The average Bonchev–Trinajstić information content (AvgIpc) is 3.05. The fraction of sp³-hybridized carbons (Fsp3) is 0.111. The molecular formula is C18H16FN5OS. The van der Waals surface area contributed by atoms with Gasteiger partial charge in [0.15, 0.2) is 5.16 Å². The maximum Gasteiger partial charge on any atom is 0.271 e. The lowest BCUT2D eigenvalue weighted by molar-refractivity contribution is 0.0955. The molecule has 0 aliphatic rings. The first-order valence-electron chi connectivity index (χ1n) is 7.76. The number of nitrogens with zero attached hydrogens (tertiary/aromatic N) is 4. The first kappa shape index (κ1) is 17.8. The maximum absolute atomic E-state index is 13.1. The van der Waals surface area contributed by atoms with Crippen LogP contribution in [0.15, 0.2) is 65.1 Å². The monoisotopic (exact) mass is 369 g/mol. The van der Waals surface area contributed by atoms with E-state index in [0.29, 0.717) is 11.1 Å². The molecule has 0 unspecified atom stereocenters. The van der Waals surface area contributed by atoms with E-state index in [9.17, 15) is 9.18 Å². The molecule has 0 fully saturated rings. The Hall–Kier alpha value is -3.00. The van der Waals surface area contributed by atoms with E-state index in [1.165, 1.54) is 18.3 Å². The Kier molecular flexibility index (Phi) is 5.75. The summed E-state index contributed by atoms with van der Waals surface area (Å²) < 4.78 is 14.9. The van der Waals surface area contributed by atoms with Gasteiger partial charge in [-0.15, -0.1) is 10.2 Å². The van der Waals surface area contributed by atoms with Gasteiger partial charge in [-0.05, 0) is 35.4 Å². The molecule has 132 valence electrons. The Bertz CT molecular complexity index is 923. The van der Waals surface area contributed by atoms with Crippen LogP contribution in [-0.2, 0) is 12.8 Å². The Morgan fingerprint density at radius 3 is 2.81 bits per heavy atom. The number of carbonyl (C=O) groups is 1. The number of halogens is 1. The van der Waals surface area contributed by atoms with Gasteiger partial charge < -0.3 is 4.57 Å². The summed E-state index contributed by atoms with van der Waals surface area (Å²) in [6, 6.07) is 13.2. The quantitative estimate of drug-likeness (QED) is 0.412. The number of hydrogen-bond acceptors (Lipinski definition) is 5. The van der Waals surface area contributed by atoms with Crippen molar-refractivity contribution in [2.75, 3.05) is 0 Å². The van der Waals surface area contributed by atoms with Crippen molar-refractivity contribution in [2.24, 2.45) is 12.1 Å². The van der Waals surface area contributed by atoms with Gasteiger partial charge in [0.2, 0.25) is 0 Å². The minimum atomic E-state index is -0.352. The molecule has 3 aromatic rings. The molecule has 0 saturated carbocycles. The molecule has 1 heterocycles. The van der Waals surface area contributed by atoms with Crippen molar-refractivity contribution in [3.8, 4) is 0 Å². The molecule has 0 aliphatic heterocycles. The maximum atomic E-state index is 13.1. The lowest BCUT2D eigenvalue weighted by Gasteiger charge is -2.03. The van der Waals surface area contributed by atoms with Crippen molar-refractivity contribution in [1.29, 1.82) is 0 Å². The van der Waals surface area contributed by atoms with Gasteiger partial charge in [-0.25, -0.2) is 9.82 Å². The van der Waals surface area contributed by atoms with Crippen LogP contribution in [0.25, 0.3) is 0 Å². The van der Waals surface area contributed by atoms with E-state index in [1.807, 2.05) is 23.7 Å². The van der Waals surface area contributed by atoms with Gasteiger partial charge in [-0.1, -0.05) is 36.0 Å². The first-order valence-corrected chi connectivity index (χ1v) is 8.75. The number of nitrogens with one attached hydrogen (secondary N) is 1. The van der Waals surface area contributed by atoms with Crippen LogP contribution in [0.5, 0.6) is 0 Å². The summed E-state index contributed by atoms with van der Waals surface area (Å²) in [6.07, 6.45) is 3.05. The van der Waals surface area contributed by atoms with Crippen molar-refractivity contribution in [2.45, 2.75) is 10.9 Å². The molecule has 0 saturated heterocycles. The summed E-state index contributed by atoms with van der Waals surface area (Å²) >= 11 is 1.57. The number of hydrogen-bond donors (Lipinski definition) is 1. The molecule has 1 N–H and O–H groups in total. The predicted molar refractivity (Wildman–Crippen MR) is 98.5 cm³/mol. The third-order valence-electron chi connectivity index (χ3n) is 3.48. The highest BCUT2D eigenvalue weighted by molar-refractivity contribution is 7.98. The number of carbonyl (C=O) groups excluding carboxylic acids is 1. The Morgan fingerprint density at radius 2 is 2.12 bits per heavy atom. The zero-order valence-corrected chi connectivity index (χ0v) is 14.8. The number of rotatable bonds is 6. The van der Waals surface area contributed by atoms with Crippen LogP contribution < -0.4 is 5.43 Å². The van der Waals surface area contributed by atoms with Gasteiger partial charge in [-0.3, -0.25) is 4.79 Å². The van der Waals surface area contributed by atoms with Crippen molar-refractivity contribution >= 4 is 23.9 Å². The van der Waals surface area contributed by atoms with Crippen LogP contribution in [0, 0.1) is 5.82 Å². The van der Waals surface area contributed by atoms with Gasteiger partial charge >= 0.3 is 0 Å². The normalized spacial score (nSPS) is 11.0. The van der Waals surface area contributed by atoms with E-state index in [1.54, 1.807) is 42.4 Å². The minimum absolute atomic E-state index is 0.329. The highest BCUT2D eigenvalue weighted by atomic mass is 32.2. The van der Waals surface area contributed by atoms with Crippen LogP contribution in [-0.4, -0.2) is 26.9 Å². The van der Waals surface area contributed by atoms with Crippen LogP contribution >= 0.6 is 11.8 Å². The number of aromatic nitrogens is 3. The van der Waals surface area contributed by atoms with E-state index in [4.69, 9.17) is 0 Å². The smallest absolute Gasteiger partial charge is 0.271 e. The number of thioether (sulfide) groups is 1. The van der Waals surface area contributed by atoms with Crippen molar-refractivity contribution in [3.63, 3.8) is 0 Å². The van der Waals surface area contributed by atoms with Crippen LogP contribution in [0.4, 0.5) is 4.39 Å². The standard InChI is InChI=1S/C18H16FN5OS/c1-24-12-21-23-18(24)26-11-13-5-7-15(8-6-13)17(25)22-20-10-14-3-2-4-16(19)9-14/h2-10,12H,11H2,1H3,(H,22,25)/b20-10+. The van der Waals surface area contributed by atoms with Crippen molar-refractivity contribution in [3.05, 3.63) is 77.4 Å². The highest BCUT2D eigenvalue weighted by Crippen LogP contribution is 2.20. The number of benzene rings is 2. The highest BCUT2D eigenvalue weighted by Gasteiger charge is 2.06. The average molecular weight is 369 g/mol. The lowest BCUT2D eigenvalue weighted by atomic mass is 10.1. The van der Waals surface area contributed by atoms with E-state index >= 15 is 0 Å². The fourth-order valence-electron chi connectivity index (χ4n) is 2.12. The minimum Gasteiger partial charge on any atom is -0.312 e. The van der Waals surface area contributed by atoms with Crippen molar-refractivity contribution < 1.29 is 9.18 Å². The summed E-state index contributed by atoms with van der Waals surface area (Å²) in [6.45, 7) is 0. The van der Waals surface area contributed by atoms with Crippen molar-refractivity contribution in [1.82, 2.24) is 20.2 Å². The summed E-state index contributed by atoms with van der Waals surface area (Å²) in [5.41, 5.74) is 4.56. The lowest BCUT2D eigenvalue weighted by Crippen LogP contribution is -2.17. The van der Waals surface area contributed by atoms with Gasteiger partial charge in [-0.2, -0.15) is 5.10 Å². The molecule has 26 heavy (non-hydrogen) atoms. The van der Waals surface area contributed by atoms with Gasteiger partial charge in [0.05, 0.1) is 6.21 Å². The molecule has 0 bridgehead atoms. The molecule has 1 amide bonds. The molecule has 0 spiro atoms. The van der Waals surface area contributed by atoms with E-state index < -0.39 is 0 Å². The van der Waals surface area contributed by atoms with Crippen LogP contribution in [0.3, 0.4) is 0 Å². The SMILES string of the molecule is Cn1cnnc1SCc1ccc(C(=O)N/N=C/c2cccc(F)c2)cc1. The number of aryl methyl sites for hydroxylation is 1. The van der Waals surface area contributed by atoms with Gasteiger partial charge in [0, 0.05) is 18.4 Å². The molecule has 8 heteroatoms. The van der Waals surface area contributed by atoms with Crippen LogP contribution in [0.1, 0.15) is 21.5 Å². The van der Waals surface area contributed by atoms with Crippen LogP contribution in [0.2, 0.25) is 0 Å². The zero-order valence-electron chi connectivity index (χ0n) is 14.0. The molecule has 3 rings (SSSR count). The summed E-state index contributed by atoms with van der Waals surface area (Å²) in [5.74, 6) is 0.0480. The molecule has 1 aromatic heterocycles. The molecule has 0 atom stereocenters. The third kappa shape index (κ3) is 4.76. The Labute approximate surface area is 154 Å². The predicted octanol–water partition coefficient (Wildman–Crippen LogP) is 3.01. The molecule has 6 nitrogen and oxygen atoms in total. The molecular weight excluding hydrogens is 353 g/mol. The third-order valence-corrected chi connectivity index (χ3v) is 4.59. The molecule has 0 aliphatic carbocycles. The second-order valence-corrected chi connectivity index (χ2v) is 6.41. The van der Waals surface area contributed by atoms with Gasteiger partial charge in [0.1, 0.15) is 12.1 Å². The van der Waals surface area contributed by atoms with E-state index in [2.05, 4.69) is 20.7 Å². The second-order valence-electron chi connectivity index (χ2n) is 5.46. The topological polar surface area (TPSA) is 72.2 Å². The van der Waals surface area contributed by atoms with E-state index in [0.717, 1.165) is 16.5 Å². The first-order chi connectivity index (χ1) is 12.6. The number of amides is 1. The Morgan fingerprint density at radius 1 is 1.31 bits per heavy atom. The summed E-state index contributed by atoms with van der Waals surface area (Å²) in [7, 11) is 1.89. The molecule has 0 radical (unpaired) electrons. The largest absolute Gasteiger partial charge is 0.312 e. The second kappa shape index (κ2) is 8.39. The summed E-state index contributed by atoms with van der Waals surface area (Å²) in [4.78, 5) is 12.1. The molecule has 2 aromatic carbocycles. The Balaban J connectivity index is 1.54. The zero-order chi connectivity index (χ0) is 18.4. The summed E-state index contributed by atoms with van der Waals surface area (Å²) in [5, 5.41) is 12.5. The fourth-order valence-corrected chi connectivity index (χ4v) is 2.96. The van der Waals surface area contributed by atoms with E-state index in [-0.39, 0.29) is 11.7 Å². The number of hydrazone groups is 1. The van der Waals surface area contributed by atoms with Gasteiger partial charge in [0.25, 0.3) is 5.91 Å².